The van der Waals surface area contributed by atoms with Crippen molar-refractivity contribution in [2.75, 3.05) is 0 Å². The molecule has 4 heteroatoms. The molecule has 3 aromatic heterocycles. The molecular weight excluding hydrogens is 308 g/mol. The first kappa shape index (κ1) is 19.1. The summed E-state index contributed by atoms with van der Waals surface area (Å²) in [5.41, 5.74) is 2.28. The van der Waals surface area contributed by atoms with Crippen LogP contribution in [0.2, 0.25) is 0 Å². The Kier molecular flexibility index (Phi) is 7.11. The molecular formula is C21H30N4. The third-order valence-corrected chi connectivity index (χ3v) is 4.41. The molecule has 0 N–H and O–H groups in total. The van der Waals surface area contributed by atoms with Crippen LogP contribution in [-0.4, -0.2) is 19.5 Å². The van der Waals surface area contributed by atoms with Crippen molar-refractivity contribution in [2.45, 2.75) is 65.8 Å². The molecule has 1 aliphatic rings. The minimum absolute atomic E-state index is 0.558. The second-order valence-electron chi connectivity index (χ2n) is 6.12. The summed E-state index contributed by atoms with van der Waals surface area (Å²) in [5, 5.41) is 2.37. The summed E-state index contributed by atoms with van der Waals surface area (Å²) >= 11 is 0. The number of pyridine rings is 1. The van der Waals surface area contributed by atoms with E-state index in [4.69, 9.17) is 4.98 Å². The van der Waals surface area contributed by atoms with Gasteiger partial charge in [0.1, 0.15) is 11.5 Å². The fourth-order valence-corrected chi connectivity index (χ4v) is 3.46. The maximum atomic E-state index is 4.71. The highest BCUT2D eigenvalue weighted by Crippen LogP contribution is 2.36. The first-order chi connectivity index (χ1) is 12.3. The van der Waals surface area contributed by atoms with Crippen LogP contribution in [0.5, 0.6) is 0 Å². The summed E-state index contributed by atoms with van der Waals surface area (Å²) in [7, 11) is 0. The van der Waals surface area contributed by atoms with Crippen molar-refractivity contribution in [1.82, 2.24) is 19.5 Å². The minimum Gasteiger partial charge on any atom is -0.321 e. The molecule has 1 fully saturated rings. The third-order valence-electron chi connectivity index (χ3n) is 4.41. The summed E-state index contributed by atoms with van der Waals surface area (Å²) < 4.78 is 2.41. The molecule has 1 aliphatic carbocycles. The maximum absolute atomic E-state index is 4.71. The van der Waals surface area contributed by atoms with Gasteiger partial charge < -0.3 is 4.57 Å². The molecule has 0 aliphatic heterocycles. The first-order valence-electron chi connectivity index (χ1n) is 9.40. The van der Waals surface area contributed by atoms with Crippen molar-refractivity contribution in [3.05, 3.63) is 43.1 Å². The average Bonchev–Trinajstić information content (AvgIpc) is 2.98. The zero-order chi connectivity index (χ0) is 18.2. The topological polar surface area (TPSA) is 43.6 Å². The lowest BCUT2D eigenvalue weighted by molar-refractivity contribution is 0.366. The summed E-state index contributed by atoms with van der Waals surface area (Å²) in [6.45, 7) is 11.2. The summed E-state index contributed by atoms with van der Waals surface area (Å²) in [6.07, 6.45) is 14.0. The van der Waals surface area contributed by atoms with Crippen molar-refractivity contribution in [2.24, 2.45) is 0 Å². The van der Waals surface area contributed by atoms with Crippen molar-refractivity contribution < 1.29 is 0 Å². The quantitative estimate of drug-likeness (QED) is 0.510. The molecule has 0 amide bonds. The van der Waals surface area contributed by atoms with Crippen LogP contribution in [0.4, 0.5) is 0 Å². The number of nitrogens with zero attached hydrogens (tertiary/aromatic N) is 4. The van der Waals surface area contributed by atoms with E-state index in [1.807, 2.05) is 46.3 Å². The molecule has 25 heavy (non-hydrogen) atoms. The van der Waals surface area contributed by atoms with Crippen LogP contribution in [-0.2, 0) is 0 Å². The van der Waals surface area contributed by atoms with E-state index in [1.54, 1.807) is 6.08 Å². The van der Waals surface area contributed by atoms with Crippen molar-refractivity contribution >= 4 is 21.9 Å². The van der Waals surface area contributed by atoms with Crippen LogP contribution in [0.25, 0.3) is 21.9 Å². The lowest BCUT2D eigenvalue weighted by Crippen LogP contribution is -2.13. The Balaban J connectivity index is 0.000000410. The highest BCUT2D eigenvalue weighted by atomic mass is 15.1. The summed E-state index contributed by atoms with van der Waals surface area (Å²) in [5.74, 6) is 0.838. The molecule has 134 valence electrons. The van der Waals surface area contributed by atoms with E-state index in [2.05, 4.69) is 27.2 Å². The fraction of sp³-hybridized carbons (Fsp3) is 0.476. The molecule has 3 heterocycles. The van der Waals surface area contributed by atoms with E-state index in [9.17, 15) is 0 Å². The fourth-order valence-electron chi connectivity index (χ4n) is 3.46. The van der Waals surface area contributed by atoms with Gasteiger partial charge in [-0.25, -0.2) is 9.97 Å². The molecule has 0 saturated heterocycles. The molecule has 0 radical (unpaired) electrons. The number of hydrogen-bond donors (Lipinski definition) is 0. The SMILES string of the molecule is C=CC.CC.Cc1ncc2c3ccncc3n(C3CCCCC3)c2n1. The van der Waals surface area contributed by atoms with Crippen LogP contribution >= 0.6 is 0 Å². The largest absolute Gasteiger partial charge is 0.321 e. The van der Waals surface area contributed by atoms with Crippen LogP contribution in [0, 0.1) is 6.92 Å². The predicted octanol–water partition coefficient (Wildman–Crippen LogP) is 6.01. The lowest BCUT2D eigenvalue weighted by Gasteiger charge is -2.24. The zero-order valence-electron chi connectivity index (χ0n) is 16.0. The molecule has 0 aromatic carbocycles. The van der Waals surface area contributed by atoms with Crippen LogP contribution in [0.15, 0.2) is 37.3 Å². The number of aryl methyl sites for hydroxylation is 1. The van der Waals surface area contributed by atoms with Gasteiger partial charge in [-0.15, -0.1) is 6.58 Å². The molecule has 3 aromatic rings. The van der Waals surface area contributed by atoms with Gasteiger partial charge in [0.2, 0.25) is 0 Å². The van der Waals surface area contributed by atoms with E-state index >= 15 is 0 Å². The van der Waals surface area contributed by atoms with Gasteiger partial charge in [-0.3, -0.25) is 4.98 Å². The monoisotopic (exact) mass is 338 g/mol. The Hall–Kier alpha value is -2.23. The maximum Gasteiger partial charge on any atom is 0.145 e. The highest BCUT2D eigenvalue weighted by molar-refractivity contribution is 6.06. The van der Waals surface area contributed by atoms with Crippen molar-refractivity contribution in [3.8, 4) is 0 Å². The molecule has 0 bridgehead atoms. The Morgan fingerprint density at radius 3 is 2.48 bits per heavy atom. The van der Waals surface area contributed by atoms with Crippen LogP contribution in [0.3, 0.4) is 0 Å². The van der Waals surface area contributed by atoms with Gasteiger partial charge in [-0.2, -0.15) is 0 Å². The van der Waals surface area contributed by atoms with Gasteiger partial charge in [0.15, 0.2) is 0 Å². The molecule has 4 rings (SSSR count). The molecule has 4 nitrogen and oxygen atoms in total. The average molecular weight is 338 g/mol. The number of fused-ring (bicyclic) bond motifs is 3. The van der Waals surface area contributed by atoms with E-state index < -0.39 is 0 Å². The molecule has 0 spiro atoms. The number of rotatable bonds is 1. The van der Waals surface area contributed by atoms with E-state index in [-0.39, 0.29) is 0 Å². The molecule has 1 saturated carbocycles. The van der Waals surface area contributed by atoms with Gasteiger partial charge >= 0.3 is 0 Å². The lowest BCUT2D eigenvalue weighted by atomic mass is 9.95. The number of hydrogen-bond acceptors (Lipinski definition) is 3. The Morgan fingerprint density at radius 2 is 1.80 bits per heavy atom. The normalized spacial score (nSPS) is 14.4. The van der Waals surface area contributed by atoms with Gasteiger partial charge in [0.25, 0.3) is 0 Å². The van der Waals surface area contributed by atoms with Crippen LogP contribution < -0.4 is 0 Å². The summed E-state index contributed by atoms with van der Waals surface area (Å²) in [4.78, 5) is 13.4. The van der Waals surface area contributed by atoms with E-state index in [0.29, 0.717) is 6.04 Å². The Labute approximate surface area is 151 Å². The minimum atomic E-state index is 0.558. The number of allylic oxidation sites excluding steroid dienone is 1. The Bertz CT molecular complexity index is 813. The Morgan fingerprint density at radius 1 is 1.12 bits per heavy atom. The second kappa shape index (κ2) is 9.30. The standard InChI is InChI=1S/C16H18N4.C3H6.C2H6/c1-11-18-9-14-13-7-8-17-10-15(13)20(16(14)19-11)12-5-3-2-4-6-12;1-3-2;1-2/h7-10,12H,2-6H2,1H3;3H,1H2,2H3;1-2H3. The highest BCUT2D eigenvalue weighted by Gasteiger charge is 2.21. The van der Waals surface area contributed by atoms with Gasteiger partial charge in [-0.1, -0.05) is 39.2 Å². The van der Waals surface area contributed by atoms with Crippen LogP contribution in [0.1, 0.15) is 64.7 Å². The predicted molar refractivity (Wildman–Crippen MR) is 107 cm³/mol. The zero-order valence-corrected chi connectivity index (χ0v) is 16.0. The van der Waals surface area contributed by atoms with Crippen molar-refractivity contribution in [3.63, 3.8) is 0 Å². The van der Waals surface area contributed by atoms with E-state index in [0.717, 1.165) is 16.9 Å². The van der Waals surface area contributed by atoms with Gasteiger partial charge in [0, 0.05) is 29.2 Å². The summed E-state index contributed by atoms with van der Waals surface area (Å²) in [6, 6.07) is 2.64. The first-order valence-corrected chi connectivity index (χ1v) is 9.40. The smallest absolute Gasteiger partial charge is 0.145 e. The number of aromatic nitrogens is 4. The van der Waals surface area contributed by atoms with Crippen molar-refractivity contribution in [1.29, 1.82) is 0 Å². The second-order valence-corrected chi connectivity index (χ2v) is 6.12. The van der Waals surface area contributed by atoms with E-state index in [1.165, 1.54) is 43.0 Å². The third kappa shape index (κ3) is 4.06. The van der Waals surface area contributed by atoms with Gasteiger partial charge in [-0.05, 0) is 32.8 Å². The molecule has 0 unspecified atom stereocenters. The van der Waals surface area contributed by atoms with Gasteiger partial charge in [0.05, 0.1) is 11.7 Å². The molecule has 0 atom stereocenters.